The standard InChI is InChI=1S/C14H21NO3/c1-14(2,15)12(8-13(16)17)11-7-5-4-6-10(11)9-18-3/h4-7,12H,8-9,15H2,1-3H3,(H,16,17). The first-order valence-electron chi connectivity index (χ1n) is 5.93. The zero-order chi connectivity index (χ0) is 13.8. The molecule has 1 atom stereocenters. The maximum absolute atomic E-state index is 11.0. The van der Waals surface area contributed by atoms with Gasteiger partial charge in [0, 0.05) is 18.6 Å². The van der Waals surface area contributed by atoms with Gasteiger partial charge in [-0.15, -0.1) is 0 Å². The summed E-state index contributed by atoms with van der Waals surface area (Å²) in [7, 11) is 1.62. The highest BCUT2D eigenvalue weighted by Gasteiger charge is 2.30. The van der Waals surface area contributed by atoms with Crippen molar-refractivity contribution in [1.29, 1.82) is 0 Å². The van der Waals surface area contributed by atoms with Gasteiger partial charge in [-0.1, -0.05) is 24.3 Å². The number of aliphatic carboxylic acids is 1. The Morgan fingerprint density at radius 2 is 2.06 bits per heavy atom. The summed E-state index contributed by atoms with van der Waals surface area (Å²) in [5, 5.41) is 9.04. The average Bonchev–Trinajstić information content (AvgIpc) is 2.26. The van der Waals surface area contributed by atoms with Crippen LogP contribution in [0.15, 0.2) is 24.3 Å². The Bertz CT molecular complexity index is 410. The first kappa shape index (κ1) is 14.7. The van der Waals surface area contributed by atoms with Gasteiger partial charge >= 0.3 is 5.97 Å². The van der Waals surface area contributed by atoms with Gasteiger partial charge in [0.25, 0.3) is 0 Å². The number of hydrogen-bond acceptors (Lipinski definition) is 3. The molecule has 1 aromatic rings. The second-order valence-electron chi connectivity index (χ2n) is 5.10. The zero-order valence-corrected chi connectivity index (χ0v) is 11.1. The van der Waals surface area contributed by atoms with Gasteiger partial charge in [-0.3, -0.25) is 4.79 Å². The Morgan fingerprint density at radius 1 is 1.44 bits per heavy atom. The van der Waals surface area contributed by atoms with Crippen LogP contribution in [0.3, 0.4) is 0 Å². The highest BCUT2D eigenvalue weighted by molar-refractivity contribution is 5.68. The molecule has 1 aromatic carbocycles. The third kappa shape index (κ3) is 3.82. The molecule has 0 radical (unpaired) electrons. The van der Waals surface area contributed by atoms with Crippen LogP contribution >= 0.6 is 0 Å². The van der Waals surface area contributed by atoms with E-state index in [1.54, 1.807) is 7.11 Å². The number of nitrogens with two attached hydrogens (primary N) is 1. The van der Waals surface area contributed by atoms with Crippen molar-refractivity contribution in [2.24, 2.45) is 5.73 Å². The lowest BCUT2D eigenvalue weighted by Crippen LogP contribution is -2.40. The predicted molar refractivity (Wildman–Crippen MR) is 70.4 cm³/mol. The number of carbonyl (C=O) groups is 1. The van der Waals surface area contributed by atoms with E-state index in [1.165, 1.54) is 0 Å². The largest absolute Gasteiger partial charge is 0.481 e. The number of carboxylic acid groups (broad SMARTS) is 1. The number of rotatable bonds is 6. The molecule has 0 bridgehead atoms. The SMILES string of the molecule is COCc1ccccc1C(CC(=O)O)C(C)(C)N. The quantitative estimate of drug-likeness (QED) is 0.812. The Morgan fingerprint density at radius 3 is 2.56 bits per heavy atom. The van der Waals surface area contributed by atoms with Crippen molar-refractivity contribution in [2.45, 2.75) is 38.3 Å². The van der Waals surface area contributed by atoms with E-state index in [-0.39, 0.29) is 12.3 Å². The number of ether oxygens (including phenoxy) is 1. The number of benzene rings is 1. The van der Waals surface area contributed by atoms with E-state index in [4.69, 9.17) is 15.6 Å². The van der Waals surface area contributed by atoms with Gasteiger partial charge in [0.2, 0.25) is 0 Å². The lowest BCUT2D eigenvalue weighted by molar-refractivity contribution is -0.137. The molecule has 4 heteroatoms. The van der Waals surface area contributed by atoms with Crippen molar-refractivity contribution in [1.82, 2.24) is 0 Å². The summed E-state index contributed by atoms with van der Waals surface area (Å²) in [6.45, 7) is 4.16. The van der Waals surface area contributed by atoms with Gasteiger partial charge in [0.05, 0.1) is 13.0 Å². The molecule has 0 spiro atoms. The molecule has 1 unspecified atom stereocenters. The fourth-order valence-corrected chi connectivity index (χ4v) is 2.11. The molecule has 0 aliphatic rings. The minimum Gasteiger partial charge on any atom is -0.481 e. The van der Waals surface area contributed by atoms with Crippen molar-refractivity contribution >= 4 is 5.97 Å². The van der Waals surface area contributed by atoms with E-state index in [2.05, 4.69) is 0 Å². The third-order valence-corrected chi connectivity index (χ3v) is 3.01. The molecule has 0 saturated heterocycles. The van der Waals surface area contributed by atoms with Gasteiger partial charge in [-0.2, -0.15) is 0 Å². The summed E-state index contributed by atoms with van der Waals surface area (Å²) in [6, 6.07) is 7.68. The normalized spacial score (nSPS) is 13.3. The second kappa shape index (κ2) is 5.98. The Hall–Kier alpha value is -1.39. The summed E-state index contributed by atoms with van der Waals surface area (Å²) >= 11 is 0. The topological polar surface area (TPSA) is 72.5 Å². The Kier molecular flexibility index (Phi) is 4.87. The molecule has 3 N–H and O–H groups in total. The molecule has 0 fully saturated rings. The molecule has 0 amide bonds. The van der Waals surface area contributed by atoms with E-state index in [1.807, 2.05) is 38.1 Å². The van der Waals surface area contributed by atoms with Crippen molar-refractivity contribution in [3.63, 3.8) is 0 Å². The van der Waals surface area contributed by atoms with Crippen molar-refractivity contribution in [2.75, 3.05) is 7.11 Å². The summed E-state index contributed by atoms with van der Waals surface area (Å²) in [5.74, 6) is -1.08. The van der Waals surface area contributed by atoms with Crippen LogP contribution < -0.4 is 5.73 Å². The number of carboxylic acids is 1. The molecule has 100 valence electrons. The molecular formula is C14H21NO3. The van der Waals surface area contributed by atoms with Gasteiger partial charge in [0.1, 0.15) is 0 Å². The molecule has 0 aromatic heterocycles. The Balaban J connectivity index is 3.16. The van der Waals surface area contributed by atoms with E-state index < -0.39 is 11.5 Å². The monoisotopic (exact) mass is 251 g/mol. The summed E-state index contributed by atoms with van der Waals surface area (Å²) in [5.41, 5.74) is 7.47. The lowest BCUT2D eigenvalue weighted by atomic mass is 9.78. The zero-order valence-electron chi connectivity index (χ0n) is 11.1. The minimum atomic E-state index is -0.842. The van der Waals surface area contributed by atoms with Crippen molar-refractivity contribution in [3.8, 4) is 0 Å². The molecule has 0 saturated carbocycles. The molecule has 18 heavy (non-hydrogen) atoms. The summed E-state index contributed by atoms with van der Waals surface area (Å²) in [4.78, 5) is 11.0. The van der Waals surface area contributed by atoms with Crippen LogP contribution in [0.25, 0.3) is 0 Å². The van der Waals surface area contributed by atoms with Gasteiger partial charge in [-0.05, 0) is 25.0 Å². The highest BCUT2D eigenvalue weighted by atomic mass is 16.5. The van der Waals surface area contributed by atoms with Crippen molar-refractivity contribution in [3.05, 3.63) is 35.4 Å². The second-order valence-corrected chi connectivity index (χ2v) is 5.10. The van der Waals surface area contributed by atoms with Crippen LogP contribution in [0.1, 0.15) is 37.3 Å². The van der Waals surface area contributed by atoms with Crippen LogP contribution in [0.5, 0.6) is 0 Å². The van der Waals surface area contributed by atoms with Crippen LogP contribution in [0, 0.1) is 0 Å². The van der Waals surface area contributed by atoms with Crippen LogP contribution in [-0.2, 0) is 16.1 Å². The summed E-state index contributed by atoms with van der Waals surface area (Å²) < 4.78 is 5.15. The number of methoxy groups -OCH3 is 1. The Labute approximate surface area is 108 Å². The molecule has 0 aliphatic carbocycles. The molecule has 1 rings (SSSR count). The third-order valence-electron chi connectivity index (χ3n) is 3.01. The van der Waals surface area contributed by atoms with E-state index >= 15 is 0 Å². The smallest absolute Gasteiger partial charge is 0.304 e. The maximum Gasteiger partial charge on any atom is 0.304 e. The van der Waals surface area contributed by atoms with Crippen LogP contribution in [0.4, 0.5) is 0 Å². The first-order chi connectivity index (χ1) is 8.36. The summed E-state index contributed by atoms with van der Waals surface area (Å²) in [6.07, 6.45) is 0.0181. The maximum atomic E-state index is 11.0. The van der Waals surface area contributed by atoms with E-state index in [0.29, 0.717) is 6.61 Å². The predicted octanol–water partition coefficient (Wildman–Crippen LogP) is 2.13. The first-order valence-corrected chi connectivity index (χ1v) is 5.93. The van der Waals surface area contributed by atoms with Crippen LogP contribution in [0.2, 0.25) is 0 Å². The fraction of sp³-hybridized carbons (Fsp3) is 0.500. The van der Waals surface area contributed by atoms with Crippen molar-refractivity contribution < 1.29 is 14.6 Å². The van der Waals surface area contributed by atoms with Gasteiger partial charge < -0.3 is 15.6 Å². The van der Waals surface area contributed by atoms with Crippen LogP contribution in [-0.4, -0.2) is 23.7 Å². The molecule has 0 aliphatic heterocycles. The molecule has 0 heterocycles. The average molecular weight is 251 g/mol. The van der Waals surface area contributed by atoms with Gasteiger partial charge in [0.15, 0.2) is 0 Å². The molecular weight excluding hydrogens is 230 g/mol. The number of hydrogen-bond donors (Lipinski definition) is 2. The van der Waals surface area contributed by atoms with E-state index in [9.17, 15) is 4.79 Å². The van der Waals surface area contributed by atoms with E-state index in [0.717, 1.165) is 11.1 Å². The fourth-order valence-electron chi connectivity index (χ4n) is 2.11. The lowest BCUT2D eigenvalue weighted by Gasteiger charge is -2.31. The minimum absolute atomic E-state index is 0.0181. The molecule has 4 nitrogen and oxygen atoms in total. The highest BCUT2D eigenvalue weighted by Crippen LogP contribution is 2.32. The van der Waals surface area contributed by atoms with Gasteiger partial charge in [-0.25, -0.2) is 0 Å².